The number of nitrogens with one attached hydrogen (secondary N) is 1. The fraction of sp³-hybridized carbons (Fsp3) is 0.286. The highest BCUT2D eigenvalue weighted by atomic mass is 32.2. The van der Waals surface area contributed by atoms with Crippen molar-refractivity contribution in [3.63, 3.8) is 0 Å². The van der Waals surface area contributed by atoms with Crippen molar-refractivity contribution < 1.29 is 22.7 Å². The number of likely N-dealkylation sites (N-methyl/N-ethyl adjacent to an activating group) is 1. The predicted molar refractivity (Wildman–Crippen MR) is 144 cm³/mol. The van der Waals surface area contributed by atoms with Gasteiger partial charge in [0.15, 0.2) is 0 Å². The molecule has 3 aromatic rings. The smallest absolute Gasteiger partial charge is 0.264 e. The van der Waals surface area contributed by atoms with Crippen LogP contribution in [0.3, 0.4) is 0 Å². The molecular formula is C28H33N3O5S. The van der Waals surface area contributed by atoms with E-state index in [4.69, 9.17) is 4.74 Å². The topological polar surface area (TPSA) is 96.0 Å². The maximum atomic E-state index is 13.8. The number of aryl methyl sites for hydroxylation is 1. The summed E-state index contributed by atoms with van der Waals surface area (Å²) >= 11 is 0. The molecule has 0 aliphatic rings. The monoisotopic (exact) mass is 523 g/mol. The summed E-state index contributed by atoms with van der Waals surface area (Å²) in [4.78, 5) is 27.8. The zero-order chi connectivity index (χ0) is 27.0. The maximum absolute atomic E-state index is 13.8. The highest BCUT2D eigenvalue weighted by molar-refractivity contribution is 7.92. The summed E-state index contributed by atoms with van der Waals surface area (Å²) in [5.41, 5.74) is 2.08. The second kappa shape index (κ2) is 12.4. The van der Waals surface area contributed by atoms with Crippen LogP contribution in [0.2, 0.25) is 0 Å². The minimum atomic E-state index is -4.15. The van der Waals surface area contributed by atoms with Crippen molar-refractivity contribution in [3.05, 3.63) is 90.0 Å². The molecule has 8 nitrogen and oxygen atoms in total. The third-order valence-electron chi connectivity index (χ3n) is 5.89. The third kappa shape index (κ3) is 6.68. The minimum absolute atomic E-state index is 0.0404. The first-order chi connectivity index (χ1) is 17.7. The molecule has 0 aromatic heterocycles. The molecule has 0 radical (unpaired) electrons. The number of nitrogens with zero attached hydrogens (tertiary/aromatic N) is 2. The van der Waals surface area contributed by atoms with Crippen LogP contribution < -0.4 is 14.4 Å². The number of sulfonamides is 1. The fourth-order valence-electron chi connectivity index (χ4n) is 3.97. The number of anilines is 1. The summed E-state index contributed by atoms with van der Waals surface area (Å²) in [5.74, 6) is -0.543. The number of para-hydroxylation sites is 2. The van der Waals surface area contributed by atoms with Crippen molar-refractivity contribution >= 4 is 27.5 Å². The molecule has 9 heteroatoms. The summed E-state index contributed by atoms with van der Waals surface area (Å²) in [6.07, 6.45) is 0. The lowest BCUT2D eigenvalue weighted by atomic mass is 10.1. The number of benzene rings is 3. The van der Waals surface area contributed by atoms with Gasteiger partial charge in [0, 0.05) is 13.6 Å². The first-order valence-electron chi connectivity index (χ1n) is 12.0. The summed E-state index contributed by atoms with van der Waals surface area (Å²) < 4.78 is 34.4. The van der Waals surface area contributed by atoms with Crippen LogP contribution in [0.25, 0.3) is 0 Å². The van der Waals surface area contributed by atoms with Crippen molar-refractivity contribution in [1.82, 2.24) is 10.2 Å². The summed E-state index contributed by atoms with van der Waals surface area (Å²) in [6, 6.07) is 21.4. The van der Waals surface area contributed by atoms with Crippen molar-refractivity contribution in [2.45, 2.75) is 38.3 Å². The number of ether oxygens (including phenoxy) is 1. The van der Waals surface area contributed by atoms with E-state index in [1.165, 1.54) is 24.1 Å². The molecular weight excluding hydrogens is 490 g/mol. The van der Waals surface area contributed by atoms with Gasteiger partial charge in [0.25, 0.3) is 10.0 Å². The van der Waals surface area contributed by atoms with Gasteiger partial charge in [-0.2, -0.15) is 0 Å². The van der Waals surface area contributed by atoms with E-state index in [9.17, 15) is 18.0 Å². The van der Waals surface area contributed by atoms with Crippen molar-refractivity contribution in [3.8, 4) is 5.75 Å². The highest BCUT2D eigenvalue weighted by Gasteiger charge is 2.33. The lowest BCUT2D eigenvalue weighted by Gasteiger charge is -2.32. The van der Waals surface area contributed by atoms with Crippen LogP contribution in [-0.4, -0.2) is 51.4 Å². The summed E-state index contributed by atoms with van der Waals surface area (Å²) in [6.45, 7) is 5.30. The number of hydrogen-bond donors (Lipinski definition) is 1. The summed E-state index contributed by atoms with van der Waals surface area (Å²) in [7, 11) is -2.65. The molecule has 0 heterocycles. The molecule has 3 aromatic carbocycles. The normalized spacial score (nSPS) is 11.9. The third-order valence-corrected chi connectivity index (χ3v) is 7.67. The fourth-order valence-corrected chi connectivity index (χ4v) is 5.42. The van der Waals surface area contributed by atoms with Gasteiger partial charge in [0.2, 0.25) is 11.8 Å². The number of rotatable bonds is 11. The molecule has 0 fully saturated rings. The Kier molecular flexibility index (Phi) is 9.30. The van der Waals surface area contributed by atoms with Gasteiger partial charge in [0.05, 0.1) is 17.2 Å². The van der Waals surface area contributed by atoms with Crippen LogP contribution in [0.4, 0.5) is 5.69 Å². The largest absolute Gasteiger partial charge is 0.492 e. The average molecular weight is 524 g/mol. The van der Waals surface area contributed by atoms with Gasteiger partial charge in [-0.05, 0) is 50.6 Å². The Bertz CT molecular complexity index is 1330. The van der Waals surface area contributed by atoms with E-state index < -0.39 is 28.5 Å². The molecule has 196 valence electrons. The molecule has 0 saturated heterocycles. The molecule has 0 unspecified atom stereocenters. The van der Waals surface area contributed by atoms with Crippen LogP contribution in [0.15, 0.2) is 83.8 Å². The lowest BCUT2D eigenvalue weighted by molar-refractivity contribution is -0.139. The lowest BCUT2D eigenvalue weighted by Crippen LogP contribution is -2.50. The van der Waals surface area contributed by atoms with Crippen molar-refractivity contribution in [1.29, 1.82) is 0 Å². The Morgan fingerprint density at radius 1 is 0.973 bits per heavy atom. The van der Waals surface area contributed by atoms with Crippen LogP contribution in [-0.2, 0) is 26.2 Å². The Morgan fingerprint density at radius 3 is 2.30 bits per heavy atom. The van der Waals surface area contributed by atoms with E-state index in [2.05, 4.69) is 5.32 Å². The van der Waals surface area contributed by atoms with Gasteiger partial charge >= 0.3 is 0 Å². The molecule has 0 aliphatic carbocycles. The SMILES string of the molecule is CCOc1ccccc1N(CC(=O)N(Cc1cccc(C)c1)[C@@H](C)C(=O)NC)S(=O)(=O)c1ccccc1. The first-order valence-corrected chi connectivity index (χ1v) is 13.5. The van der Waals surface area contributed by atoms with Crippen molar-refractivity contribution in [2.24, 2.45) is 0 Å². The molecule has 0 spiro atoms. The Hall–Kier alpha value is -3.85. The predicted octanol–water partition coefficient (Wildman–Crippen LogP) is 3.75. The van der Waals surface area contributed by atoms with E-state index in [-0.39, 0.29) is 23.0 Å². The number of amides is 2. The van der Waals surface area contributed by atoms with Crippen LogP contribution in [0.5, 0.6) is 5.75 Å². The number of carbonyl (C=O) groups is 2. The van der Waals surface area contributed by atoms with Gasteiger partial charge in [0.1, 0.15) is 18.3 Å². The van der Waals surface area contributed by atoms with Crippen molar-refractivity contribution in [2.75, 3.05) is 24.5 Å². The molecule has 3 rings (SSSR count). The van der Waals surface area contributed by atoms with Crippen LogP contribution in [0, 0.1) is 6.92 Å². The standard InChI is InChI=1S/C28H33N3O5S/c1-5-36-26-17-10-9-16-25(26)31(37(34,35)24-14-7-6-8-15-24)20-27(32)30(22(3)28(33)29-4)19-23-13-11-12-21(2)18-23/h6-18,22H,5,19-20H2,1-4H3,(H,29,33)/t22-/m0/s1. The van der Waals surface area contributed by atoms with Gasteiger partial charge in [-0.1, -0.05) is 60.2 Å². The van der Waals surface area contributed by atoms with E-state index in [0.29, 0.717) is 12.4 Å². The quantitative estimate of drug-likeness (QED) is 0.413. The Balaban J connectivity index is 2.07. The molecule has 0 saturated carbocycles. The highest BCUT2D eigenvalue weighted by Crippen LogP contribution is 2.32. The average Bonchev–Trinajstić information content (AvgIpc) is 2.90. The van der Waals surface area contributed by atoms with Gasteiger partial charge < -0.3 is 15.0 Å². The molecule has 0 aliphatic heterocycles. The second-order valence-electron chi connectivity index (χ2n) is 8.53. The Morgan fingerprint density at radius 2 is 1.65 bits per heavy atom. The van der Waals surface area contributed by atoms with Crippen LogP contribution in [0.1, 0.15) is 25.0 Å². The van der Waals surface area contributed by atoms with Gasteiger partial charge in [-0.25, -0.2) is 8.42 Å². The zero-order valence-corrected chi connectivity index (χ0v) is 22.4. The molecule has 1 atom stereocenters. The first kappa shape index (κ1) is 27.7. The van der Waals surface area contributed by atoms with E-state index in [0.717, 1.165) is 15.4 Å². The van der Waals surface area contributed by atoms with E-state index >= 15 is 0 Å². The van der Waals surface area contributed by atoms with E-state index in [1.807, 2.05) is 31.2 Å². The van der Waals surface area contributed by atoms with Gasteiger partial charge in [-0.3, -0.25) is 13.9 Å². The maximum Gasteiger partial charge on any atom is 0.264 e. The molecule has 1 N–H and O–H groups in total. The molecule has 0 bridgehead atoms. The zero-order valence-electron chi connectivity index (χ0n) is 21.5. The summed E-state index contributed by atoms with van der Waals surface area (Å²) in [5, 5.41) is 2.58. The number of carbonyl (C=O) groups excluding carboxylic acids is 2. The molecule has 37 heavy (non-hydrogen) atoms. The van der Waals surface area contributed by atoms with Gasteiger partial charge in [-0.15, -0.1) is 0 Å². The minimum Gasteiger partial charge on any atom is -0.492 e. The second-order valence-corrected chi connectivity index (χ2v) is 10.4. The Labute approximate surface area is 218 Å². The van der Waals surface area contributed by atoms with Crippen LogP contribution >= 0.6 is 0 Å². The molecule has 2 amide bonds. The number of hydrogen-bond acceptors (Lipinski definition) is 5. The van der Waals surface area contributed by atoms with E-state index in [1.54, 1.807) is 56.3 Å².